The standard InChI is InChI=1S/C35H57N3O2/c1-24(10-11-25(2)39)29-12-13-30-33-31(15-17-35(29,30)4)34(3)16-14-27(21-26(34)22-32(33)40)37-20-8-7-18-36-23-28-9-5-6-19-38-28/h5-6,9,19,24,26-27,29-33,36-37,40H,7-8,10-18,20-23H2,1-4H3/t24-,26+,27-,29-,30+,31+,32-,33+,34+,35-/m1/s1. The van der Waals surface area contributed by atoms with Crippen molar-refractivity contribution in [1.82, 2.24) is 15.6 Å². The van der Waals surface area contributed by atoms with Gasteiger partial charge in [-0.3, -0.25) is 4.98 Å². The van der Waals surface area contributed by atoms with E-state index in [1.807, 2.05) is 18.3 Å². The van der Waals surface area contributed by atoms with Crippen LogP contribution in [0.1, 0.15) is 110 Å². The van der Waals surface area contributed by atoms with Gasteiger partial charge in [-0.05, 0) is 149 Å². The van der Waals surface area contributed by atoms with Crippen molar-refractivity contribution in [3.63, 3.8) is 0 Å². The average Bonchev–Trinajstić information content (AvgIpc) is 3.29. The summed E-state index contributed by atoms with van der Waals surface area (Å²) in [5.41, 5.74) is 1.83. The second kappa shape index (κ2) is 12.9. The molecule has 0 radical (unpaired) electrons. The molecule has 0 bridgehead atoms. The van der Waals surface area contributed by atoms with Crippen LogP contribution in [0.3, 0.4) is 0 Å². The van der Waals surface area contributed by atoms with Crippen LogP contribution in [0.5, 0.6) is 0 Å². The number of carbonyl (C=O) groups is 1. The molecule has 0 unspecified atom stereocenters. The fourth-order valence-corrected chi connectivity index (χ4v) is 10.4. The van der Waals surface area contributed by atoms with E-state index in [9.17, 15) is 9.90 Å². The van der Waals surface area contributed by atoms with Crippen LogP contribution in [0.25, 0.3) is 0 Å². The molecule has 3 N–H and O–H groups in total. The number of rotatable bonds is 12. The van der Waals surface area contributed by atoms with Crippen molar-refractivity contribution in [2.24, 2.45) is 46.3 Å². The minimum Gasteiger partial charge on any atom is -0.393 e. The van der Waals surface area contributed by atoms with Crippen LogP contribution >= 0.6 is 0 Å². The maximum atomic E-state index is 11.7. The van der Waals surface area contributed by atoms with Gasteiger partial charge >= 0.3 is 0 Å². The Hall–Kier alpha value is -1.30. The lowest BCUT2D eigenvalue weighted by Gasteiger charge is -2.62. The highest BCUT2D eigenvalue weighted by atomic mass is 16.3. The molecule has 5 rings (SSSR count). The Labute approximate surface area is 244 Å². The number of unbranched alkanes of at least 4 members (excludes halogenated alkanes) is 1. The fourth-order valence-electron chi connectivity index (χ4n) is 10.4. The van der Waals surface area contributed by atoms with Gasteiger partial charge in [-0.2, -0.15) is 0 Å². The fraction of sp³-hybridized carbons (Fsp3) is 0.829. The Kier molecular flexibility index (Phi) is 9.74. The Balaban J connectivity index is 1.10. The largest absolute Gasteiger partial charge is 0.393 e. The van der Waals surface area contributed by atoms with Crippen LogP contribution in [-0.4, -0.2) is 41.1 Å². The lowest BCUT2D eigenvalue weighted by Crippen LogP contribution is -2.59. The number of aliphatic hydroxyl groups is 1. The van der Waals surface area contributed by atoms with Crippen molar-refractivity contribution >= 4 is 5.78 Å². The predicted molar refractivity (Wildman–Crippen MR) is 163 cm³/mol. The first-order valence-corrected chi connectivity index (χ1v) is 16.7. The van der Waals surface area contributed by atoms with Crippen molar-refractivity contribution in [3.8, 4) is 0 Å². The van der Waals surface area contributed by atoms with Gasteiger partial charge in [0, 0.05) is 25.2 Å². The molecule has 1 heterocycles. The second-order valence-electron chi connectivity index (χ2n) is 14.9. The van der Waals surface area contributed by atoms with Gasteiger partial charge in [-0.1, -0.05) is 26.8 Å². The SMILES string of the molecule is CC(=O)CC[C@@H](C)[C@H]1CC[C@H]2[C@@H]3[C@H](O)C[C@@H]4C[C@H](NCCCCNCc5ccccn5)CC[C@]4(C)[C@H]3CC[C@]12C. The van der Waals surface area contributed by atoms with Crippen LogP contribution in [0.4, 0.5) is 0 Å². The van der Waals surface area contributed by atoms with E-state index in [1.165, 1.54) is 57.8 Å². The summed E-state index contributed by atoms with van der Waals surface area (Å²) >= 11 is 0. The molecule has 4 aliphatic rings. The Morgan fingerprint density at radius 2 is 1.82 bits per heavy atom. The van der Waals surface area contributed by atoms with Crippen LogP contribution in [-0.2, 0) is 11.3 Å². The molecule has 4 saturated carbocycles. The van der Waals surface area contributed by atoms with E-state index in [1.54, 1.807) is 6.92 Å². The number of hydrogen-bond donors (Lipinski definition) is 3. The van der Waals surface area contributed by atoms with Gasteiger partial charge in [-0.25, -0.2) is 0 Å². The Morgan fingerprint density at radius 3 is 2.60 bits per heavy atom. The number of ketones is 1. The van der Waals surface area contributed by atoms with E-state index in [0.29, 0.717) is 58.2 Å². The molecule has 4 fully saturated rings. The molecular weight excluding hydrogens is 494 g/mol. The van der Waals surface area contributed by atoms with Crippen LogP contribution < -0.4 is 10.6 Å². The number of aliphatic hydroxyl groups excluding tert-OH is 1. The van der Waals surface area contributed by atoms with Crippen molar-refractivity contribution in [2.45, 2.75) is 123 Å². The predicted octanol–water partition coefficient (Wildman–Crippen LogP) is 6.54. The molecule has 0 aromatic carbocycles. The Morgan fingerprint density at radius 1 is 1.05 bits per heavy atom. The molecule has 224 valence electrons. The summed E-state index contributed by atoms with van der Waals surface area (Å²) in [4.78, 5) is 16.0. The first kappa shape index (κ1) is 30.2. The highest BCUT2D eigenvalue weighted by molar-refractivity contribution is 5.75. The number of nitrogens with zero attached hydrogens (tertiary/aromatic N) is 1. The highest BCUT2D eigenvalue weighted by Crippen LogP contribution is 2.68. The van der Waals surface area contributed by atoms with Crippen molar-refractivity contribution in [1.29, 1.82) is 0 Å². The zero-order valence-corrected chi connectivity index (χ0v) is 25.8. The topological polar surface area (TPSA) is 74.2 Å². The summed E-state index contributed by atoms with van der Waals surface area (Å²) in [6, 6.07) is 6.69. The number of carbonyl (C=O) groups excluding carboxylic acids is 1. The summed E-state index contributed by atoms with van der Waals surface area (Å²) < 4.78 is 0. The zero-order chi connectivity index (χ0) is 28.3. The first-order valence-electron chi connectivity index (χ1n) is 16.7. The van der Waals surface area contributed by atoms with E-state index < -0.39 is 0 Å². The van der Waals surface area contributed by atoms with Crippen LogP contribution in [0.2, 0.25) is 0 Å². The molecule has 1 aromatic heterocycles. The van der Waals surface area contributed by atoms with Gasteiger partial charge in [0.1, 0.15) is 5.78 Å². The molecule has 0 aliphatic heterocycles. The van der Waals surface area contributed by atoms with E-state index in [-0.39, 0.29) is 6.10 Å². The summed E-state index contributed by atoms with van der Waals surface area (Å²) in [6.45, 7) is 12.3. The van der Waals surface area contributed by atoms with Gasteiger partial charge in [-0.15, -0.1) is 0 Å². The van der Waals surface area contributed by atoms with Crippen LogP contribution in [0.15, 0.2) is 24.4 Å². The first-order chi connectivity index (χ1) is 19.2. The number of Topliss-reactive ketones (excluding diaryl/α,β-unsaturated/α-hetero) is 1. The van der Waals surface area contributed by atoms with Gasteiger partial charge in [0.15, 0.2) is 0 Å². The lowest BCUT2D eigenvalue weighted by atomic mass is 9.43. The molecule has 5 nitrogen and oxygen atoms in total. The summed E-state index contributed by atoms with van der Waals surface area (Å²) in [5, 5.41) is 19.1. The minimum absolute atomic E-state index is 0.136. The third-order valence-corrected chi connectivity index (χ3v) is 12.6. The summed E-state index contributed by atoms with van der Waals surface area (Å²) in [5.74, 6) is 4.11. The lowest BCUT2D eigenvalue weighted by molar-refractivity contribution is -0.167. The molecular formula is C35H57N3O2. The van der Waals surface area contributed by atoms with Gasteiger partial charge in [0.2, 0.25) is 0 Å². The maximum Gasteiger partial charge on any atom is 0.129 e. The minimum atomic E-state index is -0.136. The number of hydrogen-bond acceptors (Lipinski definition) is 5. The third-order valence-electron chi connectivity index (χ3n) is 12.6. The van der Waals surface area contributed by atoms with Gasteiger partial charge in [0.25, 0.3) is 0 Å². The average molecular weight is 552 g/mol. The van der Waals surface area contributed by atoms with Crippen LogP contribution in [0, 0.1) is 46.3 Å². The van der Waals surface area contributed by atoms with Gasteiger partial charge < -0.3 is 20.5 Å². The summed E-state index contributed by atoms with van der Waals surface area (Å²) in [6.07, 6.45) is 15.9. The molecule has 1 aromatic rings. The molecule has 0 spiro atoms. The molecule has 40 heavy (non-hydrogen) atoms. The monoisotopic (exact) mass is 551 g/mol. The summed E-state index contributed by atoms with van der Waals surface area (Å²) in [7, 11) is 0. The number of pyridine rings is 1. The maximum absolute atomic E-state index is 11.7. The second-order valence-corrected chi connectivity index (χ2v) is 14.9. The van der Waals surface area contributed by atoms with Gasteiger partial charge in [0.05, 0.1) is 11.8 Å². The molecule has 10 atom stereocenters. The molecule has 5 heteroatoms. The normalized spacial score (nSPS) is 39.7. The quantitative estimate of drug-likeness (QED) is 0.257. The zero-order valence-electron chi connectivity index (χ0n) is 25.8. The Bertz CT molecular complexity index is 971. The van der Waals surface area contributed by atoms with E-state index in [4.69, 9.17) is 0 Å². The third kappa shape index (κ3) is 6.22. The smallest absolute Gasteiger partial charge is 0.129 e. The molecule has 4 aliphatic carbocycles. The van der Waals surface area contributed by atoms with Crippen molar-refractivity contribution in [2.75, 3.05) is 13.1 Å². The van der Waals surface area contributed by atoms with E-state index in [2.05, 4.69) is 42.5 Å². The highest BCUT2D eigenvalue weighted by Gasteiger charge is 2.62. The number of nitrogens with one attached hydrogen (secondary N) is 2. The number of aromatic nitrogens is 1. The van der Waals surface area contributed by atoms with Crippen molar-refractivity contribution in [3.05, 3.63) is 30.1 Å². The van der Waals surface area contributed by atoms with E-state index in [0.717, 1.165) is 44.6 Å². The molecule has 0 amide bonds. The molecule has 0 saturated heterocycles. The number of fused-ring (bicyclic) bond motifs is 5. The van der Waals surface area contributed by atoms with Crippen molar-refractivity contribution < 1.29 is 9.90 Å². The van der Waals surface area contributed by atoms with E-state index >= 15 is 0 Å².